The Bertz CT molecular complexity index is 322. The van der Waals surface area contributed by atoms with Crippen molar-refractivity contribution in [3.05, 3.63) is 0 Å². The molecule has 0 saturated carbocycles. The molecule has 4 N–H and O–H groups in total. The summed E-state index contributed by atoms with van der Waals surface area (Å²) in [5, 5.41) is 19.8. The molecule has 2 rings (SSSR count). The number of hydroxylamine groups is 4. The minimum atomic E-state index is -1.23. The number of hydrogen-bond acceptors (Lipinski definition) is 11. The number of aliphatic hydroxyl groups excluding tert-OH is 2. The topological polar surface area (TPSA) is 141 Å². The molecule has 2 fully saturated rings. The van der Waals surface area contributed by atoms with Gasteiger partial charge in [0.05, 0.1) is 0 Å². The predicted molar refractivity (Wildman–Crippen MR) is 52.8 cm³/mol. The molecule has 2 unspecified atom stereocenters. The van der Waals surface area contributed by atoms with Crippen LogP contribution in [0.3, 0.4) is 0 Å². The van der Waals surface area contributed by atoms with E-state index < -0.39 is 32.2 Å². The number of amides is 2. The first kappa shape index (κ1) is 14.2. The molecule has 108 valence electrons. The highest BCUT2D eigenvalue weighted by Gasteiger charge is 2.45. The molecule has 19 heavy (non-hydrogen) atoms. The fourth-order valence-corrected chi connectivity index (χ4v) is 1.40. The number of aliphatic imine (C=N–C) groups is 1. The highest BCUT2D eigenvalue weighted by Crippen LogP contribution is 2.21. The van der Waals surface area contributed by atoms with Crippen molar-refractivity contribution in [3.63, 3.8) is 0 Å². The van der Waals surface area contributed by atoms with Crippen molar-refractivity contribution in [2.75, 3.05) is 13.5 Å². The molecular weight excluding hydrogens is 268 g/mol. The van der Waals surface area contributed by atoms with Crippen molar-refractivity contribution in [1.29, 1.82) is 0 Å². The van der Waals surface area contributed by atoms with Gasteiger partial charge in [0.15, 0.2) is 0 Å². The van der Waals surface area contributed by atoms with Crippen molar-refractivity contribution >= 4 is 12.7 Å². The van der Waals surface area contributed by atoms with Crippen LogP contribution >= 0.6 is 0 Å². The molecule has 2 heterocycles. The molecular formula is C6H12N6O7. The summed E-state index contributed by atoms with van der Waals surface area (Å²) in [6.45, 7) is 1.89. The first-order chi connectivity index (χ1) is 9.22. The van der Waals surface area contributed by atoms with E-state index in [9.17, 15) is 4.79 Å². The summed E-state index contributed by atoms with van der Waals surface area (Å²) in [5.74, 6) is 0. The van der Waals surface area contributed by atoms with Crippen LogP contribution in [0.2, 0.25) is 0 Å². The fraction of sp³-hybridized carbons (Fsp3) is 0.667. The van der Waals surface area contributed by atoms with Crippen LogP contribution in [0.15, 0.2) is 4.99 Å². The van der Waals surface area contributed by atoms with Gasteiger partial charge in [-0.15, -0.1) is 0 Å². The largest absolute Gasteiger partial charge is 0.379 e. The SMILES string of the molecule is C=NC(=O)N(C1ONON1CO)C1ONON1CO. The van der Waals surface area contributed by atoms with Gasteiger partial charge >= 0.3 is 6.03 Å². The lowest BCUT2D eigenvalue weighted by Crippen LogP contribution is -2.57. The lowest BCUT2D eigenvalue weighted by atomic mass is 10.6. The third-order valence-corrected chi connectivity index (χ3v) is 2.22. The molecule has 0 aromatic rings. The van der Waals surface area contributed by atoms with E-state index in [2.05, 4.69) is 21.6 Å². The minimum absolute atomic E-state index is 0.598. The Balaban J connectivity index is 2.20. The summed E-state index contributed by atoms with van der Waals surface area (Å²) in [6.07, 6.45) is -2.46. The van der Waals surface area contributed by atoms with E-state index in [1.165, 1.54) is 0 Å². The zero-order valence-corrected chi connectivity index (χ0v) is 9.50. The average Bonchev–Trinajstić information content (AvgIpc) is 3.07. The number of carbonyl (C=O) groups excluding carboxylic acids is 1. The Labute approximate surface area is 106 Å². The van der Waals surface area contributed by atoms with E-state index in [1.54, 1.807) is 0 Å². The Hall–Kier alpha value is -1.26. The lowest BCUT2D eigenvalue weighted by Gasteiger charge is -2.32. The van der Waals surface area contributed by atoms with Crippen LogP contribution in [0.4, 0.5) is 4.79 Å². The minimum Gasteiger partial charge on any atom is -0.379 e. The maximum atomic E-state index is 11.8. The van der Waals surface area contributed by atoms with Crippen molar-refractivity contribution in [2.24, 2.45) is 4.99 Å². The number of carbonyl (C=O) groups is 1. The van der Waals surface area contributed by atoms with Crippen LogP contribution in [0, 0.1) is 0 Å². The first-order valence-electron chi connectivity index (χ1n) is 4.92. The van der Waals surface area contributed by atoms with E-state index in [0.29, 0.717) is 0 Å². The molecule has 2 saturated heterocycles. The third kappa shape index (κ3) is 2.69. The highest BCUT2D eigenvalue weighted by atomic mass is 17.1. The zero-order chi connectivity index (χ0) is 13.8. The van der Waals surface area contributed by atoms with Crippen molar-refractivity contribution < 1.29 is 34.6 Å². The second kappa shape index (κ2) is 6.26. The van der Waals surface area contributed by atoms with Gasteiger partial charge in [-0.1, -0.05) is 21.4 Å². The zero-order valence-electron chi connectivity index (χ0n) is 9.50. The van der Waals surface area contributed by atoms with Crippen LogP contribution in [-0.2, 0) is 19.6 Å². The van der Waals surface area contributed by atoms with E-state index >= 15 is 0 Å². The molecule has 2 aliphatic heterocycles. The molecule has 13 nitrogen and oxygen atoms in total. The summed E-state index contributed by atoms with van der Waals surface area (Å²) in [4.78, 5) is 34.9. The number of nitrogens with one attached hydrogen (secondary N) is 2. The molecule has 0 aromatic heterocycles. The van der Waals surface area contributed by atoms with E-state index in [1.807, 2.05) is 11.3 Å². The predicted octanol–water partition coefficient (Wildman–Crippen LogP) is -3.06. The average molecular weight is 280 g/mol. The van der Waals surface area contributed by atoms with Gasteiger partial charge in [0.25, 0.3) is 0 Å². The van der Waals surface area contributed by atoms with Gasteiger partial charge in [0.2, 0.25) is 12.7 Å². The number of nitrogens with zero attached hydrogens (tertiary/aromatic N) is 4. The van der Waals surface area contributed by atoms with E-state index in [4.69, 9.17) is 19.9 Å². The summed E-state index contributed by atoms with van der Waals surface area (Å²) in [5.41, 5.74) is 4.00. The molecule has 0 spiro atoms. The smallest absolute Gasteiger partial charge is 0.349 e. The van der Waals surface area contributed by atoms with Gasteiger partial charge in [-0.3, -0.25) is 0 Å². The second-order valence-corrected chi connectivity index (χ2v) is 3.20. The Morgan fingerprint density at radius 1 is 1.21 bits per heavy atom. The van der Waals surface area contributed by atoms with Crippen LogP contribution in [0.1, 0.15) is 0 Å². The van der Waals surface area contributed by atoms with Gasteiger partial charge in [0, 0.05) is 0 Å². The van der Waals surface area contributed by atoms with Crippen LogP contribution in [-0.4, -0.2) is 64.2 Å². The molecule has 2 atom stereocenters. The van der Waals surface area contributed by atoms with Crippen molar-refractivity contribution in [3.8, 4) is 0 Å². The van der Waals surface area contributed by atoms with Crippen LogP contribution in [0.25, 0.3) is 0 Å². The van der Waals surface area contributed by atoms with Crippen molar-refractivity contribution in [1.82, 2.24) is 26.3 Å². The fourth-order valence-electron chi connectivity index (χ4n) is 1.40. The summed E-state index contributed by atoms with van der Waals surface area (Å²) in [7, 11) is 0. The molecule has 13 heteroatoms. The number of urea groups is 1. The first-order valence-corrected chi connectivity index (χ1v) is 4.92. The van der Waals surface area contributed by atoms with E-state index in [-0.39, 0.29) is 0 Å². The number of hydrogen-bond donors (Lipinski definition) is 4. The molecule has 0 radical (unpaired) electrons. The Morgan fingerprint density at radius 3 is 2.05 bits per heavy atom. The van der Waals surface area contributed by atoms with Crippen molar-refractivity contribution in [2.45, 2.75) is 12.7 Å². The normalized spacial score (nSPS) is 28.7. The molecule has 0 bridgehead atoms. The Kier molecular flexibility index (Phi) is 4.66. The molecule has 2 amide bonds. The van der Waals surface area contributed by atoms with Crippen LogP contribution < -0.4 is 11.3 Å². The lowest BCUT2D eigenvalue weighted by molar-refractivity contribution is -0.260. The summed E-state index contributed by atoms with van der Waals surface area (Å²) in [6, 6.07) is -0.869. The quantitative estimate of drug-likeness (QED) is 0.390. The number of rotatable bonds is 4. The molecule has 2 aliphatic rings. The van der Waals surface area contributed by atoms with Gasteiger partial charge in [0.1, 0.15) is 13.5 Å². The molecule has 0 aliphatic carbocycles. The van der Waals surface area contributed by atoms with Gasteiger partial charge < -0.3 is 10.2 Å². The maximum absolute atomic E-state index is 11.8. The second-order valence-electron chi connectivity index (χ2n) is 3.20. The highest BCUT2D eigenvalue weighted by molar-refractivity contribution is 5.79. The molecule has 0 aromatic carbocycles. The third-order valence-electron chi connectivity index (χ3n) is 2.22. The number of aliphatic hydroxyl groups is 2. The summed E-state index contributed by atoms with van der Waals surface area (Å²) < 4.78 is 0. The van der Waals surface area contributed by atoms with Crippen LogP contribution in [0.5, 0.6) is 0 Å². The standard InChI is InChI=1S/C6H12N6O7/c1-7-4(15)12(5-10(2-13)18-8-16-5)6-11(3-14)19-9-17-6/h5-6,8-9,13-14H,1-3H2. The van der Waals surface area contributed by atoms with E-state index in [0.717, 1.165) is 15.0 Å². The van der Waals surface area contributed by atoms with Gasteiger partial charge in [-0.25, -0.2) is 24.4 Å². The van der Waals surface area contributed by atoms with Gasteiger partial charge in [-0.05, 0) is 6.72 Å². The monoisotopic (exact) mass is 280 g/mol. The Morgan fingerprint density at radius 2 is 1.68 bits per heavy atom. The summed E-state index contributed by atoms with van der Waals surface area (Å²) >= 11 is 0. The van der Waals surface area contributed by atoms with Gasteiger partial charge in [-0.2, -0.15) is 9.88 Å². The maximum Gasteiger partial charge on any atom is 0.349 e.